The highest BCUT2D eigenvalue weighted by atomic mass is 16.5. The topological polar surface area (TPSA) is 25.4 Å². The van der Waals surface area contributed by atoms with Crippen molar-refractivity contribution < 1.29 is 4.74 Å². The number of hydrogen-bond acceptors (Lipinski definition) is 3. The summed E-state index contributed by atoms with van der Waals surface area (Å²) < 4.78 is 5.34. The largest absolute Gasteiger partial charge is 0.381 e. The Morgan fingerprint density at radius 1 is 1.29 bits per heavy atom. The Kier molecular flexibility index (Phi) is 2.99. The Balaban J connectivity index is 1.96. The lowest BCUT2D eigenvalue weighted by atomic mass is 10.1. The molecular formula is C11H16N2O. The maximum absolute atomic E-state index is 5.34. The van der Waals surface area contributed by atoms with E-state index in [1.807, 2.05) is 12.4 Å². The van der Waals surface area contributed by atoms with E-state index in [4.69, 9.17) is 4.74 Å². The van der Waals surface area contributed by atoms with E-state index in [1.54, 1.807) is 7.11 Å². The predicted octanol–water partition coefficient (Wildman–Crippen LogP) is 1.70. The summed E-state index contributed by atoms with van der Waals surface area (Å²) in [6, 6.07) is 4.13. The van der Waals surface area contributed by atoms with E-state index in [0.717, 1.165) is 25.9 Å². The first-order valence-electron chi connectivity index (χ1n) is 5.08. The molecule has 1 aliphatic heterocycles. The van der Waals surface area contributed by atoms with Crippen molar-refractivity contribution in [3.63, 3.8) is 0 Å². The molecule has 1 aromatic rings. The summed E-state index contributed by atoms with van der Waals surface area (Å²) in [6.07, 6.45) is 6.39. The van der Waals surface area contributed by atoms with Gasteiger partial charge in [0, 0.05) is 38.3 Å². The third kappa shape index (κ3) is 2.04. The third-order valence-corrected chi connectivity index (χ3v) is 2.80. The molecule has 0 atom stereocenters. The van der Waals surface area contributed by atoms with E-state index >= 15 is 0 Å². The highest BCUT2D eigenvalue weighted by molar-refractivity contribution is 5.44. The molecule has 2 heterocycles. The molecule has 76 valence electrons. The van der Waals surface area contributed by atoms with Gasteiger partial charge in [0.1, 0.15) is 0 Å². The SMILES string of the molecule is COC1CCN(c2ccncc2)CC1. The first kappa shape index (κ1) is 9.46. The first-order valence-corrected chi connectivity index (χ1v) is 5.08. The van der Waals surface area contributed by atoms with Crippen molar-refractivity contribution in [3.8, 4) is 0 Å². The molecule has 0 N–H and O–H groups in total. The quantitative estimate of drug-likeness (QED) is 0.713. The Hall–Kier alpha value is -1.09. The average molecular weight is 192 g/mol. The molecule has 1 fully saturated rings. The van der Waals surface area contributed by atoms with Crippen LogP contribution < -0.4 is 4.90 Å². The summed E-state index contributed by atoms with van der Waals surface area (Å²) in [5, 5.41) is 0. The van der Waals surface area contributed by atoms with Crippen LogP contribution in [-0.4, -0.2) is 31.3 Å². The lowest BCUT2D eigenvalue weighted by Crippen LogP contribution is -2.36. The minimum atomic E-state index is 0.452. The fourth-order valence-corrected chi connectivity index (χ4v) is 1.90. The van der Waals surface area contributed by atoms with Crippen molar-refractivity contribution in [3.05, 3.63) is 24.5 Å². The van der Waals surface area contributed by atoms with Gasteiger partial charge in [0.2, 0.25) is 0 Å². The highest BCUT2D eigenvalue weighted by Gasteiger charge is 2.18. The zero-order valence-electron chi connectivity index (χ0n) is 8.52. The van der Waals surface area contributed by atoms with E-state index < -0.39 is 0 Å². The van der Waals surface area contributed by atoms with Gasteiger partial charge in [-0.2, -0.15) is 0 Å². The zero-order chi connectivity index (χ0) is 9.80. The fourth-order valence-electron chi connectivity index (χ4n) is 1.90. The lowest BCUT2D eigenvalue weighted by Gasteiger charge is -2.32. The molecule has 3 heteroatoms. The lowest BCUT2D eigenvalue weighted by molar-refractivity contribution is 0.0819. The van der Waals surface area contributed by atoms with Crippen LogP contribution in [0.5, 0.6) is 0 Å². The Labute approximate surface area is 84.7 Å². The van der Waals surface area contributed by atoms with E-state index in [-0.39, 0.29) is 0 Å². The molecule has 1 aliphatic rings. The van der Waals surface area contributed by atoms with Gasteiger partial charge in [0.05, 0.1) is 6.10 Å². The molecule has 1 saturated heterocycles. The Morgan fingerprint density at radius 3 is 2.50 bits per heavy atom. The molecule has 0 unspecified atom stereocenters. The standard InChI is InChI=1S/C11H16N2O/c1-14-11-4-8-13(9-5-11)10-2-6-12-7-3-10/h2-3,6-7,11H,4-5,8-9H2,1H3. The van der Waals surface area contributed by atoms with Crippen LogP contribution >= 0.6 is 0 Å². The summed E-state index contributed by atoms with van der Waals surface area (Å²) in [5.74, 6) is 0. The van der Waals surface area contributed by atoms with Crippen molar-refractivity contribution in [2.45, 2.75) is 18.9 Å². The van der Waals surface area contributed by atoms with Gasteiger partial charge in [-0.15, -0.1) is 0 Å². The molecule has 3 nitrogen and oxygen atoms in total. The summed E-state index contributed by atoms with van der Waals surface area (Å²) in [6.45, 7) is 2.17. The average Bonchev–Trinajstić information content (AvgIpc) is 2.30. The first-order chi connectivity index (χ1) is 6.90. The number of piperidine rings is 1. The molecule has 0 aromatic carbocycles. The number of hydrogen-bond donors (Lipinski definition) is 0. The molecule has 0 bridgehead atoms. The van der Waals surface area contributed by atoms with Crippen molar-refractivity contribution in [1.29, 1.82) is 0 Å². The minimum absolute atomic E-state index is 0.452. The normalized spacial score (nSPS) is 18.5. The Bertz CT molecular complexity index is 268. The van der Waals surface area contributed by atoms with Crippen LogP contribution in [0.3, 0.4) is 0 Å². The van der Waals surface area contributed by atoms with Gasteiger partial charge in [0.15, 0.2) is 0 Å². The summed E-state index contributed by atoms with van der Waals surface area (Å²) >= 11 is 0. The van der Waals surface area contributed by atoms with Gasteiger partial charge < -0.3 is 9.64 Å². The number of methoxy groups -OCH3 is 1. The fraction of sp³-hybridized carbons (Fsp3) is 0.545. The molecular weight excluding hydrogens is 176 g/mol. The molecule has 0 saturated carbocycles. The van der Waals surface area contributed by atoms with Crippen molar-refractivity contribution in [1.82, 2.24) is 4.98 Å². The van der Waals surface area contributed by atoms with Crippen LogP contribution in [0.1, 0.15) is 12.8 Å². The van der Waals surface area contributed by atoms with Crippen molar-refractivity contribution in [2.75, 3.05) is 25.1 Å². The van der Waals surface area contributed by atoms with Crippen LogP contribution in [0.25, 0.3) is 0 Å². The third-order valence-electron chi connectivity index (χ3n) is 2.80. The summed E-state index contributed by atoms with van der Waals surface area (Å²) in [5.41, 5.74) is 1.27. The minimum Gasteiger partial charge on any atom is -0.381 e. The predicted molar refractivity (Wildman–Crippen MR) is 56.5 cm³/mol. The van der Waals surface area contributed by atoms with Gasteiger partial charge >= 0.3 is 0 Å². The van der Waals surface area contributed by atoms with Crippen LogP contribution in [0.2, 0.25) is 0 Å². The number of pyridine rings is 1. The molecule has 2 rings (SSSR count). The van der Waals surface area contributed by atoms with E-state index in [9.17, 15) is 0 Å². The maximum atomic E-state index is 5.34. The van der Waals surface area contributed by atoms with Crippen LogP contribution in [-0.2, 0) is 4.74 Å². The second-order valence-electron chi connectivity index (χ2n) is 3.63. The van der Waals surface area contributed by atoms with Crippen molar-refractivity contribution >= 4 is 5.69 Å². The van der Waals surface area contributed by atoms with Gasteiger partial charge in [-0.3, -0.25) is 4.98 Å². The second kappa shape index (κ2) is 4.42. The van der Waals surface area contributed by atoms with Gasteiger partial charge in [-0.25, -0.2) is 0 Å². The van der Waals surface area contributed by atoms with E-state index in [0.29, 0.717) is 6.10 Å². The number of rotatable bonds is 2. The van der Waals surface area contributed by atoms with E-state index in [2.05, 4.69) is 22.0 Å². The summed E-state index contributed by atoms with van der Waals surface area (Å²) in [7, 11) is 1.80. The van der Waals surface area contributed by atoms with Gasteiger partial charge in [-0.1, -0.05) is 0 Å². The van der Waals surface area contributed by atoms with Gasteiger partial charge in [-0.05, 0) is 25.0 Å². The smallest absolute Gasteiger partial charge is 0.0605 e. The van der Waals surface area contributed by atoms with E-state index in [1.165, 1.54) is 5.69 Å². The molecule has 14 heavy (non-hydrogen) atoms. The number of aromatic nitrogens is 1. The number of nitrogens with zero attached hydrogens (tertiary/aromatic N) is 2. The molecule has 1 aromatic heterocycles. The van der Waals surface area contributed by atoms with Crippen LogP contribution in [0, 0.1) is 0 Å². The van der Waals surface area contributed by atoms with Crippen LogP contribution in [0.15, 0.2) is 24.5 Å². The molecule has 0 amide bonds. The highest BCUT2D eigenvalue weighted by Crippen LogP contribution is 2.19. The molecule has 0 radical (unpaired) electrons. The monoisotopic (exact) mass is 192 g/mol. The number of anilines is 1. The zero-order valence-corrected chi connectivity index (χ0v) is 8.52. The van der Waals surface area contributed by atoms with Crippen LogP contribution in [0.4, 0.5) is 5.69 Å². The molecule has 0 aliphatic carbocycles. The van der Waals surface area contributed by atoms with Gasteiger partial charge in [0.25, 0.3) is 0 Å². The van der Waals surface area contributed by atoms with Crippen molar-refractivity contribution in [2.24, 2.45) is 0 Å². The maximum Gasteiger partial charge on any atom is 0.0605 e. The molecule has 0 spiro atoms. The number of ether oxygens (including phenoxy) is 1. The second-order valence-corrected chi connectivity index (χ2v) is 3.63. The Morgan fingerprint density at radius 2 is 1.93 bits per heavy atom. The summed E-state index contributed by atoms with van der Waals surface area (Å²) in [4.78, 5) is 6.41.